The van der Waals surface area contributed by atoms with Crippen LogP contribution in [0.25, 0.3) is 0 Å². The van der Waals surface area contributed by atoms with Crippen molar-refractivity contribution in [2.75, 3.05) is 6.61 Å². The highest BCUT2D eigenvalue weighted by Crippen LogP contribution is 2.39. The molecule has 0 aromatic heterocycles. The van der Waals surface area contributed by atoms with E-state index in [-0.39, 0.29) is 6.04 Å². The van der Waals surface area contributed by atoms with Crippen LogP contribution < -0.4 is 5.73 Å². The number of hydrogen-bond acceptors (Lipinski definition) is 2. The minimum absolute atomic E-state index is 0.00356. The lowest BCUT2D eigenvalue weighted by molar-refractivity contribution is 0.0615. The van der Waals surface area contributed by atoms with Crippen LogP contribution in [-0.2, 0) is 4.74 Å². The highest BCUT2D eigenvalue weighted by Gasteiger charge is 2.41. The molecule has 0 bridgehead atoms. The lowest BCUT2D eigenvalue weighted by atomic mass is 9.82. The summed E-state index contributed by atoms with van der Waals surface area (Å²) in [5, 5.41) is 0. The van der Waals surface area contributed by atoms with E-state index in [1.807, 2.05) is 6.08 Å². The molecule has 0 amide bonds. The first-order valence-electron chi connectivity index (χ1n) is 4.99. The third-order valence-corrected chi connectivity index (χ3v) is 2.88. The number of allylic oxidation sites excluding steroid dienone is 1. The Balaban J connectivity index is 2.09. The summed E-state index contributed by atoms with van der Waals surface area (Å²) < 4.78 is 19.5. The molecule has 0 aromatic rings. The van der Waals surface area contributed by atoms with Gasteiger partial charge in [0.2, 0.25) is 0 Å². The van der Waals surface area contributed by atoms with Crippen molar-refractivity contribution in [3.63, 3.8) is 0 Å². The van der Waals surface area contributed by atoms with Crippen LogP contribution in [0.3, 0.4) is 0 Å². The van der Waals surface area contributed by atoms with Gasteiger partial charge in [0.05, 0.1) is 6.61 Å². The molecular weight excluding hydrogens is 169 g/mol. The van der Waals surface area contributed by atoms with Gasteiger partial charge in [-0.2, -0.15) is 0 Å². The Labute approximate surface area is 77.9 Å². The highest BCUT2D eigenvalue weighted by molar-refractivity contribution is 5.15. The Bertz CT molecular complexity index is 229. The minimum atomic E-state index is -1.26. The molecule has 0 saturated heterocycles. The van der Waals surface area contributed by atoms with Crippen molar-refractivity contribution in [3.05, 3.63) is 11.8 Å². The fraction of sp³-hybridized carbons (Fsp3) is 0.800. The summed E-state index contributed by atoms with van der Waals surface area (Å²) in [5.41, 5.74) is 4.50. The molecule has 0 aromatic carbocycles. The molecule has 2 N–H and O–H groups in total. The second-order valence-electron chi connectivity index (χ2n) is 4.03. The molecule has 2 aliphatic rings. The van der Waals surface area contributed by atoms with E-state index in [0.717, 1.165) is 19.3 Å². The van der Waals surface area contributed by atoms with Crippen LogP contribution in [0, 0.1) is 0 Å². The van der Waals surface area contributed by atoms with Gasteiger partial charge in [0.25, 0.3) is 0 Å². The Morgan fingerprint density at radius 1 is 1.62 bits per heavy atom. The number of halogens is 1. The van der Waals surface area contributed by atoms with Gasteiger partial charge in [0.15, 0.2) is 5.67 Å². The molecule has 2 rings (SSSR count). The second-order valence-corrected chi connectivity index (χ2v) is 4.03. The topological polar surface area (TPSA) is 35.2 Å². The van der Waals surface area contributed by atoms with E-state index in [9.17, 15) is 4.39 Å². The van der Waals surface area contributed by atoms with Crippen molar-refractivity contribution >= 4 is 0 Å². The molecule has 2 nitrogen and oxygen atoms in total. The second kappa shape index (κ2) is 3.29. The smallest absolute Gasteiger partial charge is 0.168 e. The quantitative estimate of drug-likeness (QED) is 0.677. The van der Waals surface area contributed by atoms with Crippen molar-refractivity contribution in [3.8, 4) is 0 Å². The minimum Gasteiger partial charge on any atom is -0.495 e. The van der Waals surface area contributed by atoms with E-state index in [1.165, 1.54) is 0 Å². The standard InChI is InChI=1S/C10H16FNO/c11-10(9-4-2-6-13-9)5-1-3-8(12)7-10/h4,8H,1-3,5-7,12H2. The predicted octanol–water partition coefficient (Wildman–Crippen LogP) is 1.90. The van der Waals surface area contributed by atoms with Crippen LogP contribution in [0.4, 0.5) is 4.39 Å². The fourth-order valence-electron chi connectivity index (χ4n) is 2.22. The number of hydrogen-bond donors (Lipinski definition) is 1. The first-order valence-corrected chi connectivity index (χ1v) is 4.99. The van der Waals surface area contributed by atoms with Gasteiger partial charge in [0, 0.05) is 18.9 Å². The SMILES string of the molecule is NC1CCCC(F)(C2=CCCO2)C1. The molecule has 1 saturated carbocycles. The van der Waals surface area contributed by atoms with Crippen molar-refractivity contribution in [1.82, 2.24) is 0 Å². The Morgan fingerprint density at radius 3 is 3.08 bits per heavy atom. The average Bonchev–Trinajstić information content (AvgIpc) is 2.55. The van der Waals surface area contributed by atoms with Gasteiger partial charge in [0.1, 0.15) is 5.76 Å². The largest absolute Gasteiger partial charge is 0.495 e. The Kier molecular flexibility index (Phi) is 2.28. The lowest BCUT2D eigenvalue weighted by Crippen LogP contribution is -2.39. The van der Waals surface area contributed by atoms with Crippen molar-refractivity contribution in [2.24, 2.45) is 5.73 Å². The molecule has 1 fully saturated rings. The summed E-state index contributed by atoms with van der Waals surface area (Å²) in [4.78, 5) is 0. The molecule has 0 spiro atoms. The van der Waals surface area contributed by atoms with Crippen LogP contribution in [0.15, 0.2) is 11.8 Å². The monoisotopic (exact) mass is 185 g/mol. The van der Waals surface area contributed by atoms with Gasteiger partial charge in [-0.1, -0.05) is 0 Å². The molecule has 1 heterocycles. The third kappa shape index (κ3) is 1.70. The van der Waals surface area contributed by atoms with Crippen molar-refractivity contribution in [1.29, 1.82) is 0 Å². The summed E-state index contributed by atoms with van der Waals surface area (Å²) in [6.07, 6.45) is 5.54. The van der Waals surface area contributed by atoms with Crippen molar-refractivity contribution in [2.45, 2.75) is 43.8 Å². The molecule has 74 valence electrons. The van der Waals surface area contributed by atoms with E-state index in [4.69, 9.17) is 10.5 Å². The van der Waals surface area contributed by atoms with Gasteiger partial charge in [-0.3, -0.25) is 0 Å². The van der Waals surface area contributed by atoms with Gasteiger partial charge in [-0.15, -0.1) is 0 Å². The zero-order valence-electron chi connectivity index (χ0n) is 7.76. The Hall–Kier alpha value is -0.570. The molecule has 2 atom stereocenters. The first kappa shape index (κ1) is 9.00. The fourth-order valence-corrected chi connectivity index (χ4v) is 2.22. The number of ether oxygens (including phenoxy) is 1. The van der Waals surface area contributed by atoms with E-state index in [2.05, 4.69) is 0 Å². The summed E-state index contributed by atoms with van der Waals surface area (Å²) in [6, 6.07) is 0.00356. The van der Waals surface area contributed by atoms with Crippen LogP contribution in [0.5, 0.6) is 0 Å². The molecule has 0 radical (unpaired) electrons. The lowest BCUT2D eigenvalue weighted by Gasteiger charge is -2.33. The van der Waals surface area contributed by atoms with E-state index < -0.39 is 5.67 Å². The summed E-state index contributed by atoms with van der Waals surface area (Å²) in [5.74, 6) is 0.544. The molecule has 1 aliphatic heterocycles. The maximum atomic E-state index is 14.3. The third-order valence-electron chi connectivity index (χ3n) is 2.88. The van der Waals surface area contributed by atoms with E-state index in [0.29, 0.717) is 25.2 Å². The van der Waals surface area contributed by atoms with Crippen LogP contribution in [0.2, 0.25) is 0 Å². The number of rotatable bonds is 1. The van der Waals surface area contributed by atoms with Gasteiger partial charge in [-0.25, -0.2) is 4.39 Å². The zero-order chi connectivity index (χ0) is 9.31. The van der Waals surface area contributed by atoms with Gasteiger partial charge < -0.3 is 10.5 Å². The van der Waals surface area contributed by atoms with Gasteiger partial charge in [-0.05, 0) is 25.3 Å². The number of nitrogens with two attached hydrogens (primary N) is 1. The van der Waals surface area contributed by atoms with E-state index in [1.54, 1.807) is 0 Å². The first-order chi connectivity index (χ1) is 6.21. The molecule has 2 unspecified atom stereocenters. The van der Waals surface area contributed by atoms with E-state index >= 15 is 0 Å². The molecular formula is C10H16FNO. The van der Waals surface area contributed by atoms with Crippen LogP contribution in [-0.4, -0.2) is 18.3 Å². The van der Waals surface area contributed by atoms with Crippen molar-refractivity contribution < 1.29 is 9.13 Å². The van der Waals surface area contributed by atoms with Gasteiger partial charge >= 0.3 is 0 Å². The molecule has 1 aliphatic carbocycles. The Morgan fingerprint density at radius 2 is 2.46 bits per heavy atom. The average molecular weight is 185 g/mol. The zero-order valence-corrected chi connectivity index (χ0v) is 7.76. The van der Waals surface area contributed by atoms with Crippen LogP contribution in [0.1, 0.15) is 32.1 Å². The summed E-state index contributed by atoms with van der Waals surface area (Å²) in [6.45, 7) is 0.635. The van der Waals surface area contributed by atoms with Crippen LogP contribution >= 0.6 is 0 Å². The molecule has 13 heavy (non-hydrogen) atoms. The normalized spacial score (nSPS) is 39.8. The maximum absolute atomic E-state index is 14.3. The predicted molar refractivity (Wildman–Crippen MR) is 48.9 cm³/mol. The summed E-state index contributed by atoms with van der Waals surface area (Å²) >= 11 is 0. The maximum Gasteiger partial charge on any atom is 0.168 e. The highest BCUT2D eigenvalue weighted by atomic mass is 19.1. The summed E-state index contributed by atoms with van der Waals surface area (Å²) in [7, 11) is 0. The molecule has 3 heteroatoms. The number of alkyl halides is 1.